The number of hydrogen-bond acceptors (Lipinski definition) is 3. The zero-order valence-corrected chi connectivity index (χ0v) is 9.67. The van der Waals surface area contributed by atoms with Crippen LogP contribution in [0.4, 0.5) is 5.69 Å². The fourth-order valence-corrected chi connectivity index (χ4v) is 1.59. The first-order chi connectivity index (χ1) is 8.65. The third-order valence-corrected chi connectivity index (χ3v) is 2.40. The van der Waals surface area contributed by atoms with Crippen LogP contribution in [-0.2, 0) is 11.2 Å². The minimum absolute atomic E-state index is 0.0263. The third-order valence-electron chi connectivity index (χ3n) is 2.40. The van der Waals surface area contributed by atoms with E-state index in [-0.39, 0.29) is 6.42 Å². The van der Waals surface area contributed by atoms with Gasteiger partial charge in [0.2, 0.25) is 0 Å². The number of benzene rings is 2. The molecule has 2 aromatic carbocycles. The summed E-state index contributed by atoms with van der Waals surface area (Å²) in [7, 11) is 0. The maximum absolute atomic E-state index is 10.6. The van der Waals surface area contributed by atoms with Gasteiger partial charge < -0.3 is 15.6 Å². The summed E-state index contributed by atoms with van der Waals surface area (Å²) in [6, 6.07) is 14.1. The lowest BCUT2D eigenvalue weighted by molar-refractivity contribution is -0.136. The maximum Gasteiger partial charge on any atom is 0.307 e. The second-order valence-corrected chi connectivity index (χ2v) is 3.86. The highest BCUT2D eigenvalue weighted by molar-refractivity contribution is 5.70. The van der Waals surface area contributed by atoms with E-state index in [4.69, 9.17) is 15.6 Å². The quantitative estimate of drug-likeness (QED) is 0.810. The van der Waals surface area contributed by atoms with E-state index in [1.165, 1.54) is 0 Å². The predicted molar refractivity (Wildman–Crippen MR) is 68.7 cm³/mol. The zero-order chi connectivity index (χ0) is 13.0. The van der Waals surface area contributed by atoms with Crippen molar-refractivity contribution in [2.75, 3.05) is 5.73 Å². The molecule has 0 bridgehead atoms. The van der Waals surface area contributed by atoms with E-state index in [9.17, 15) is 4.79 Å². The Kier molecular flexibility index (Phi) is 3.48. The predicted octanol–water partition coefficient (Wildman–Crippen LogP) is 2.69. The van der Waals surface area contributed by atoms with Crippen molar-refractivity contribution < 1.29 is 14.6 Å². The van der Waals surface area contributed by atoms with Gasteiger partial charge in [0.15, 0.2) is 0 Å². The summed E-state index contributed by atoms with van der Waals surface area (Å²) in [5.74, 6) is 0.267. The number of anilines is 1. The number of nitrogen functional groups attached to an aromatic ring is 1. The van der Waals surface area contributed by atoms with Gasteiger partial charge in [-0.1, -0.05) is 24.3 Å². The molecule has 2 aromatic rings. The molecule has 92 valence electrons. The molecule has 4 heteroatoms. The highest BCUT2D eigenvalue weighted by Crippen LogP contribution is 2.27. The van der Waals surface area contributed by atoms with Gasteiger partial charge in [-0.05, 0) is 29.8 Å². The molecule has 2 rings (SSSR count). The van der Waals surface area contributed by atoms with Crippen molar-refractivity contribution in [2.24, 2.45) is 0 Å². The average Bonchev–Trinajstić information content (AvgIpc) is 2.32. The van der Waals surface area contributed by atoms with Crippen LogP contribution in [0, 0.1) is 0 Å². The normalized spacial score (nSPS) is 10.0. The van der Waals surface area contributed by atoms with Gasteiger partial charge in [0.25, 0.3) is 0 Å². The number of ether oxygens (including phenoxy) is 1. The van der Waals surface area contributed by atoms with Gasteiger partial charge in [-0.25, -0.2) is 0 Å². The molecule has 0 amide bonds. The molecule has 18 heavy (non-hydrogen) atoms. The second-order valence-electron chi connectivity index (χ2n) is 3.86. The first-order valence-electron chi connectivity index (χ1n) is 5.48. The molecule has 0 fully saturated rings. The van der Waals surface area contributed by atoms with E-state index >= 15 is 0 Å². The molecule has 0 radical (unpaired) electrons. The van der Waals surface area contributed by atoms with E-state index in [1.54, 1.807) is 36.4 Å². The Hall–Kier alpha value is -2.49. The molecule has 0 aliphatic carbocycles. The van der Waals surface area contributed by atoms with Crippen molar-refractivity contribution in [1.29, 1.82) is 0 Å². The Labute approximate surface area is 105 Å². The summed E-state index contributed by atoms with van der Waals surface area (Å²) < 4.78 is 5.61. The fraction of sp³-hybridized carbons (Fsp3) is 0.0714. The Morgan fingerprint density at radius 2 is 1.94 bits per heavy atom. The SMILES string of the molecule is Nc1ccccc1Oc1cccc(CC(=O)O)c1. The zero-order valence-electron chi connectivity index (χ0n) is 9.67. The fourth-order valence-electron chi connectivity index (χ4n) is 1.59. The van der Waals surface area contributed by atoms with Crippen LogP contribution in [0.1, 0.15) is 5.56 Å². The largest absolute Gasteiger partial charge is 0.481 e. The Bertz CT molecular complexity index is 566. The van der Waals surface area contributed by atoms with E-state index < -0.39 is 5.97 Å². The average molecular weight is 243 g/mol. The molecule has 0 heterocycles. The lowest BCUT2D eigenvalue weighted by atomic mass is 10.1. The number of carbonyl (C=O) groups is 1. The van der Waals surface area contributed by atoms with E-state index in [2.05, 4.69) is 0 Å². The summed E-state index contributed by atoms with van der Waals surface area (Å²) in [5, 5.41) is 8.73. The molecule has 0 atom stereocenters. The van der Waals surface area contributed by atoms with Crippen LogP contribution >= 0.6 is 0 Å². The lowest BCUT2D eigenvalue weighted by Gasteiger charge is -2.08. The molecular weight excluding hydrogens is 230 g/mol. The molecule has 4 nitrogen and oxygen atoms in total. The van der Waals surface area contributed by atoms with E-state index in [1.807, 2.05) is 12.1 Å². The highest BCUT2D eigenvalue weighted by Gasteiger charge is 2.04. The molecule has 0 aliphatic heterocycles. The summed E-state index contributed by atoms with van der Waals surface area (Å²) >= 11 is 0. The molecule has 0 saturated carbocycles. The van der Waals surface area contributed by atoms with Gasteiger partial charge in [0.05, 0.1) is 12.1 Å². The van der Waals surface area contributed by atoms with Crippen LogP contribution in [-0.4, -0.2) is 11.1 Å². The van der Waals surface area contributed by atoms with Crippen LogP contribution in [0.25, 0.3) is 0 Å². The number of carboxylic acid groups (broad SMARTS) is 1. The van der Waals surface area contributed by atoms with Gasteiger partial charge in [-0.3, -0.25) is 4.79 Å². The van der Waals surface area contributed by atoms with Crippen LogP contribution in [0.15, 0.2) is 48.5 Å². The van der Waals surface area contributed by atoms with Gasteiger partial charge in [-0.15, -0.1) is 0 Å². The van der Waals surface area contributed by atoms with Crippen molar-refractivity contribution in [3.8, 4) is 11.5 Å². The minimum Gasteiger partial charge on any atom is -0.481 e. The van der Waals surface area contributed by atoms with Crippen molar-refractivity contribution in [2.45, 2.75) is 6.42 Å². The van der Waals surface area contributed by atoms with Crippen LogP contribution in [0.5, 0.6) is 11.5 Å². The van der Waals surface area contributed by atoms with Gasteiger partial charge in [0.1, 0.15) is 11.5 Å². The summed E-state index contributed by atoms with van der Waals surface area (Å²) in [4.78, 5) is 10.6. The third kappa shape index (κ3) is 3.01. The number of para-hydroxylation sites is 2. The lowest BCUT2D eigenvalue weighted by Crippen LogP contribution is -2.00. The van der Waals surface area contributed by atoms with E-state index in [0.717, 1.165) is 0 Å². The minimum atomic E-state index is -0.869. The standard InChI is InChI=1S/C14H13NO3/c15-12-6-1-2-7-13(12)18-11-5-3-4-10(8-11)9-14(16)17/h1-8H,9,15H2,(H,16,17). The first-order valence-corrected chi connectivity index (χ1v) is 5.48. The number of aliphatic carboxylic acids is 1. The van der Waals surface area contributed by atoms with Gasteiger partial charge in [-0.2, -0.15) is 0 Å². The molecule has 3 N–H and O–H groups in total. The molecule has 0 unspecified atom stereocenters. The van der Waals surface area contributed by atoms with Crippen LogP contribution < -0.4 is 10.5 Å². The number of carboxylic acids is 1. The molecule has 0 aliphatic rings. The summed E-state index contributed by atoms with van der Waals surface area (Å²) in [6.45, 7) is 0. The Balaban J connectivity index is 2.19. The number of hydrogen-bond donors (Lipinski definition) is 2. The Morgan fingerprint density at radius 3 is 2.67 bits per heavy atom. The topological polar surface area (TPSA) is 72.5 Å². The summed E-state index contributed by atoms with van der Waals surface area (Å²) in [5.41, 5.74) is 7.00. The smallest absolute Gasteiger partial charge is 0.307 e. The van der Waals surface area contributed by atoms with E-state index in [0.29, 0.717) is 22.7 Å². The van der Waals surface area contributed by atoms with Crippen molar-refractivity contribution in [3.63, 3.8) is 0 Å². The van der Waals surface area contributed by atoms with Crippen LogP contribution in [0.3, 0.4) is 0 Å². The monoisotopic (exact) mass is 243 g/mol. The van der Waals surface area contributed by atoms with Crippen molar-refractivity contribution in [1.82, 2.24) is 0 Å². The van der Waals surface area contributed by atoms with Crippen LogP contribution in [0.2, 0.25) is 0 Å². The maximum atomic E-state index is 10.6. The first kappa shape index (κ1) is 12.0. The molecule has 0 saturated heterocycles. The summed E-state index contributed by atoms with van der Waals surface area (Å²) in [6.07, 6.45) is -0.0263. The van der Waals surface area contributed by atoms with Gasteiger partial charge >= 0.3 is 5.97 Å². The molecular formula is C14H13NO3. The van der Waals surface area contributed by atoms with Crippen molar-refractivity contribution in [3.05, 3.63) is 54.1 Å². The Morgan fingerprint density at radius 1 is 1.17 bits per heavy atom. The molecule has 0 spiro atoms. The van der Waals surface area contributed by atoms with Crippen molar-refractivity contribution >= 4 is 11.7 Å². The number of nitrogens with two attached hydrogens (primary N) is 1. The second kappa shape index (κ2) is 5.23. The number of rotatable bonds is 4. The van der Waals surface area contributed by atoms with Gasteiger partial charge in [0, 0.05) is 0 Å². The highest BCUT2D eigenvalue weighted by atomic mass is 16.5. The molecule has 0 aromatic heterocycles.